The number of nitrogens with zero attached hydrogens (tertiary/aromatic N) is 1. The number of alkyl halides is 3. The van der Waals surface area contributed by atoms with Crippen molar-refractivity contribution < 1.29 is 27.8 Å². The first kappa shape index (κ1) is 21.4. The van der Waals surface area contributed by atoms with Gasteiger partial charge in [0.1, 0.15) is 18.5 Å². The zero-order chi connectivity index (χ0) is 20.7. The molecule has 0 fully saturated rings. The van der Waals surface area contributed by atoms with Gasteiger partial charge in [0.25, 0.3) is 0 Å². The minimum absolute atomic E-state index is 0.0145. The number of aliphatic hydroxyl groups is 1. The van der Waals surface area contributed by atoms with Crippen LogP contribution < -0.4 is 20.3 Å². The molecular weight excluding hydrogens is 375 g/mol. The molecule has 1 atom stereocenters. The molecule has 0 aliphatic rings. The lowest BCUT2D eigenvalue weighted by Crippen LogP contribution is -2.37. The first-order chi connectivity index (χ1) is 13.1. The standard InChI is InChI=1S/C19H22F3N3O3/c1-25(2)15-8-6-14(7-9-15)24-18(27)23-11-16(26)12-28-17-5-3-4-13(10-17)19(20,21)22/h3-10,16,26H,11-12H2,1-2H3,(H2,23,24,27)/t16-/m0/s1. The monoisotopic (exact) mass is 397 g/mol. The number of carbonyl (C=O) groups is 1. The summed E-state index contributed by atoms with van der Waals surface area (Å²) in [7, 11) is 3.80. The fourth-order valence-electron chi connectivity index (χ4n) is 2.24. The topological polar surface area (TPSA) is 73.8 Å². The van der Waals surface area contributed by atoms with Crippen LogP contribution in [-0.4, -0.2) is 44.5 Å². The first-order valence-corrected chi connectivity index (χ1v) is 8.45. The van der Waals surface area contributed by atoms with Crippen molar-refractivity contribution in [2.45, 2.75) is 12.3 Å². The molecule has 2 amide bonds. The van der Waals surface area contributed by atoms with Gasteiger partial charge in [0, 0.05) is 32.0 Å². The number of hydrogen-bond donors (Lipinski definition) is 3. The maximum Gasteiger partial charge on any atom is 0.416 e. The second-order valence-electron chi connectivity index (χ2n) is 6.27. The van der Waals surface area contributed by atoms with Crippen LogP contribution in [0, 0.1) is 0 Å². The average molecular weight is 397 g/mol. The van der Waals surface area contributed by atoms with Crippen LogP contribution in [0.2, 0.25) is 0 Å². The summed E-state index contributed by atoms with van der Waals surface area (Å²) in [6.45, 7) is -0.389. The van der Waals surface area contributed by atoms with E-state index in [1.807, 2.05) is 31.1 Å². The Balaban J connectivity index is 1.76. The van der Waals surface area contributed by atoms with Crippen molar-refractivity contribution in [2.24, 2.45) is 0 Å². The summed E-state index contributed by atoms with van der Waals surface area (Å²) in [5.74, 6) is -0.0145. The van der Waals surface area contributed by atoms with E-state index in [1.165, 1.54) is 12.1 Å². The third kappa shape index (κ3) is 6.66. The van der Waals surface area contributed by atoms with Crippen molar-refractivity contribution >= 4 is 17.4 Å². The number of urea groups is 1. The Morgan fingerprint density at radius 1 is 1.18 bits per heavy atom. The molecule has 0 spiro atoms. The zero-order valence-electron chi connectivity index (χ0n) is 15.5. The number of benzene rings is 2. The molecule has 2 aromatic carbocycles. The summed E-state index contributed by atoms with van der Waals surface area (Å²) in [5.41, 5.74) is 0.725. The van der Waals surface area contributed by atoms with E-state index in [1.54, 1.807) is 12.1 Å². The maximum absolute atomic E-state index is 12.7. The van der Waals surface area contributed by atoms with Crippen LogP contribution in [0.1, 0.15) is 5.56 Å². The Labute approximate surface area is 160 Å². The molecule has 2 rings (SSSR count). The molecule has 9 heteroatoms. The molecule has 0 heterocycles. The molecule has 28 heavy (non-hydrogen) atoms. The number of anilines is 2. The maximum atomic E-state index is 12.7. The predicted molar refractivity (Wildman–Crippen MR) is 101 cm³/mol. The molecule has 152 valence electrons. The van der Waals surface area contributed by atoms with Gasteiger partial charge in [-0.2, -0.15) is 13.2 Å². The van der Waals surface area contributed by atoms with Crippen LogP contribution in [0.3, 0.4) is 0 Å². The smallest absolute Gasteiger partial charge is 0.416 e. The second-order valence-corrected chi connectivity index (χ2v) is 6.27. The lowest BCUT2D eigenvalue weighted by atomic mass is 10.2. The number of halogens is 3. The van der Waals surface area contributed by atoms with Crippen molar-refractivity contribution in [3.8, 4) is 5.75 Å². The van der Waals surface area contributed by atoms with Crippen LogP contribution in [0.25, 0.3) is 0 Å². The lowest BCUT2D eigenvalue weighted by molar-refractivity contribution is -0.137. The lowest BCUT2D eigenvalue weighted by Gasteiger charge is -2.15. The highest BCUT2D eigenvalue weighted by Crippen LogP contribution is 2.31. The Hall–Kier alpha value is -2.94. The quantitative estimate of drug-likeness (QED) is 0.670. The molecule has 2 aromatic rings. The van der Waals surface area contributed by atoms with E-state index in [0.717, 1.165) is 17.8 Å². The number of nitrogens with one attached hydrogen (secondary N) is 2. The number of carbonyl (C=O) groups excluding carboxylic acids is 1. The van der Waals surface area contributed by atoms with Crippen molar-refractivity contribution in [2.75, 3.05) is 37.5 Å². The number of ether oxygens (including phenoxy) is 1. The first-order valence-electron chi connectivity index (χ1n) is 8.45. The largest absolute Gasteiger partial charge is 0.491 e. The highest BCUT2D eigenvalue weighted by Gasteiger charge is 2.30. The van der Waals surface area contributed by atoms with Gasteiger partial charge < -0.3 is 25.4 Å². The van der Waals surface area contributed by atoms with Crippen molar-refractivity contribution in [1.29, 1.82) is 0 Å². The Kier molecular flexibility index (Phi) is 7.11. The van der Waals surface area contributed by atoms with Gasteiger partial charge in [-0.05, 0) is 42.5 Å². The van der Waals surface area contributed by atoms with Crippen molar-refractivity contribution in [1.82, 2.24) is 5.32 Å². The van der Waals surface area contributed by atoms with Crippen LogP contribution in [0.15, 0.2) is 48.5 Å². The molecule has 0 bridgehead atoms. The van der Waals surface area contributed by atoms with Gasteiger partial charge in [0.2, 0.25) is 0 Å². The van der Waals surface area contributed by atoms with Gasteiger partial charge >= 0.3 is 12.2 Å². The van der Waals surface area contributed by atoms with Gasteiger partial charge in [-0.1, -0.05) is 6.07 Å². The van der Waals surface area contributed by atoms with Crippen LogP contribution in [0.5, 0.6) is 5.75 Å². The van der Waals surface area contributed by atoms with E-state index >= 15 is 0 Å². The Morgan fingerprint density at radius 3 is 2.46 bits per heavy atom. The zero-order valence-corrected chi connectivity index (χ0v) is 15.5. The Morgan fingerprint density at radius 2 is 1.86 bits per heavy atom. The number of hydrogen-bond acceptors (Lipinski definition) is 4. The van der Waals surface area contributed by atoms with Gasteiger partial charge in [0.15, 0.2) is 0 Å². The molecular formula is C19H22F3N3O3. The molecule has 0 saturated heterocycles. The van der Waals surface area contributed by atoms with Crippen LogP contribution in [-0.2, 0) is 6.18 Å². The molecule has 6 nitrogen and oxygen atoms in total. The summed E-state index contributed by atoms with van der Waals surface area (Å²) >= 11 is 0. The highest BCUT2D eigenvalue weighted by atomic mass is 19.4. The van der Waals surface area contributed by atoms with E-state index in [9.17, 15) is 23.1 Å². The van der Waals surface area contributed by atoms with Crippen molar-refractivity contribution in [3.05, 3.63) is 54.1 Å². The van der Waals surface area contributed by atoms with Gasteiger partial charge in [-0.25, -0.2) is 4.79 Å². The number of aliphatic hydroxyl groups excluding tert-OH is 1. The van der Waals surface area contributed by atoms with Gasteiger partial charge in [0.05, 0.1) is 5.56 Å². The van der Waals surface area contributed by atoms with Crippen LogP contribution >= 0.6 is 0 Å². The Bertz CT molecular complexity index is 780. The number of amides is 2. The fourth-order valence-corrected chi connectivity index (χ4v) is 2.24. The average Bonchev–Trinajstić information content (AvgIpc) is 2.64. The van der Waals surface area contributed by atoms with Gasteiger partial charge in [-0.15, -0.1) is 0 Å². The van der Waals surface area contributed by atoms with Gasteiger partial charge in [-0.3, -0.25) is 0 Å². The van der Waals surface area contributed by atoms with E-state index in [-0.39, 0.29) is 18.9 Å². The minimum atomic E-state index is -4.47. The molecule has 0 aliphatic carbocycles. The minimum Gasteiger partial charge on any atom is -0.491 e. The molecule has 0 radical (unpaired) electrons. The second kappa shape index (κ2) is 9.32. The van der Waals surface area contributed by atoms with E-state index in [2.05, 4.69) is 10.6 Å². The summed E-state index contributed by atoms with van der Waals surface area (Å²) in [5, 5.41) is 14.9. The third-order valence-corrected chi connectivity index (χ3v) is 3.74. The van der Waals surface area contributed by atoms with E-state index in [4.69, 9.17) is 4.74 Å². The predicted octanol–water partition coefficient (Wildman–Crippen LogP) is 3.33. The summed E-state index contributed by atoms with van der Waals surface area (Å²) in [4.78, 5) is 13.8. The summed E-state index contributed by atoms with van der Waals surface area (Å²) < 4.78 is 43.1. The van der Waals surface area contributed by atoms with E-state index < -0.39 is 23.9 Å². The third-order valence-electron chi connectivity index (χ3n) is 3.74. The highest BCUT2D eigenvalue weighted by molar-refractivity contribution is 5.89. The summed E-state index contributed by atoms with van der Waals surface area (Å²) in [6, 6.07) is 11.0. The van der Waals surface area contributed by atoms with Crippen LogP contribution in [0.4, 0.5) is 29.3 Å². The molecule has 0 saturated carbocycles. The SMILES string of the molecule is CN(C)c1ccc(NC(=O)NC[C@H](O)COc2cccc(C(F)(F)F)c2)cc1. The molecule has 0 aromatic heterocycles. The number of rotatable bonds is 7. The molecule has 0 unspecified atom stereocenters. The normalized spacial score (nSPS) is 12.2. The molecule has 3 N–H and O–H groups in total. The van der Waals surface area contributed by atoms with Crippen molar-refractivity contribution in [3.63, 3.8) is 0 Å². The summed E-state index contributed by atoms with van der Waals surface area (Å²) in [6.07, 6.45) is -5.56. The van der Waals surface area contributed by atoms with E-state index in [0.29, 0.717) is 5.69 Å². The fraction of sp³-hybridized carbons (Fsp3) is 0.316. The molecule has 0 aliphatic heterocycles.